The predicted octanol–water partition coefficient (Wildman–Crippen LogP) is 0.808. The van der Waals surface area contributed by atoms with Crippen molar-refractivity contribution in [1.29, 1.82) is 0 Å². The summed E-state index contributed by atoms with van der Waals surface area (Å²) in [6.07, 6.45) is 4.27. The van der Waals surface area contributed by atoms with Gasteiger partial charge in [-0.2, -0.15) is 17.0 Å². The van der Waals surface area contributed by atoms with E-state index < -0.39 is 10.2 Å². The summed E-state index contributed by atoms with van der Waals surface area (Å²) in [4.78, 5) is 0. The van der Waals surface area contributed by atoms with Crippen molar-refractivity contribution in [3.05, 3.63) is 0 Å². The van der Waals surface area contributed by atoms with E-state index in [9.17, 15) is 13.5 Å². The van der Waals surface area contributed by atoms with Crippen LogP contribution in [0.4, 0.5) is 0 Å². The van der Waals surface area contributed by atoms with Gasteiger partial charge in [0, 0.05) is 26.2 Å². The van der Waals surface area contributed by atoms with Gasteiger partial charge in [-0.25, -0.2) is 0 Å². The zero-order valence-electron chi connectivity index (χ0n) is 11.2. The highest BCUT2D eigenvalue weighted by molar-refractivity contribution is 7.86. The number of piperidine rings is 1. The fourth-order valence-corrected chi connectivity index (χ4v) is 4.58. The summed E-state index contributed by atoms with van der Waals surface area (Å²) in [6.45, 7) is 3.15. The van der Waals surface area contributed by atoms with Gasteiger partial charge in [-0.3, -0.25) is 0 Å². The Hall–Kier alpha value is -0.170. The van der Waals surface area contributed by atoms with Crippen LogP contribution in [0.2, 0.25) is 0 Å². The Morgan fingerprint density at radius 3 is 2.56 bits per heavy atom. The van der Waals surface area contributed by atoms with Crippen molar-refractivity contribution in [3.8, 4) is 0 Å². The van der Waals surface area contributed by atoms with Crippen LogP contribution in [0.25, 0.3) is 0 Å². The van der Waals surface area contributed by atoms with Gasteiger partial charge in [0.1, 0.15) is 0 Å². The predicted molar refractivity (Wildman–Crippen MR) is 70.3 cm³/mol. The van der Waals surface area contributed by atoms with Gasteiger partial charge in [0.25, 0.3) is 10.2 Å². The maximum atomic E-state index is 12.4. The number of aliphatic hydroxyl groups is 1. The van der Waals surface area contributed by atoms with Crippen LogP contribution >= 0.6 is 0 Å². The molecule has 18 heavy (non-hydrogen) atoms. The van der Waals surface area contributed by atoms with Crippen molar-refractivity contribution in [2.75, 3.05) is 20.1 Å². The number of hydrogen-bond donors (Lipinski definition) is 1. The maximum absolute atomic E-state index is 12.4. The van der Waals surface area contributed by atoms with Gasteiger partial charge in [0.05, 0.1) is 6.10 Å². The van der Waals surface area contributed by atoms with Crippen LogP contribution < -0.4 is 0 Å². The second-order valence-corrected chi connectivity index (χ2v) is 7.72. The highest BCUT2D eigenvalue weighted by Crippen LogP contribution is 2.29. The fourth-order valence-electron chi connectivity index (χ4n) is 2.90. The third kappa shape index (κ3) is 2.87. The molecule has 1 heterocycles. The fraction of sp³-hybridized carbons (Fsp3) is 1.00. The first-order valence-corrected chi connectivity index (χ1v) is 8.22. The van der Waals surface area contributed by atoms with E-state index >= 15 is 0 Å². The molecule has 0 bridgehead atoms. The molecule has 0 amide bonds. The monoisotopic (exact) mass is 276 g/mol. The standard InChI is InChI=1S/C12H24N2O3S/c1-10-5-3-4-6-14(10)18(16,17)13(2)9-11-7-12(15)8-11/h10-12,15H,3-9H2,1-2H3. The van der Waals surface area contributed by atoms with Crippen LogP contribution in [0.1, 0.15) is 39.0 Å². The summed E-state index contributed by atoms with van der Waals surface area (Å²) < 4.78 is 28.0. The highest BCUT2D eigenvalue weighted by Gasteiger charge is 2.36. The van der Waals surface area contributed by atoms with Crippen molar-refractivity contribution in [2.45, 2.75) is 51.2 Å². The van der Waals surface area contributed by atoms with Crippen LogP contribution in [-0.4, -0.2) is 54.4 Å². The molecular weight excluding hydrogens is 252 g/mol. The van der Waals surface area contributed by atoms with E-state index in [1.54, 1.807) is 11.4 Å². The molecule has 0 spiro atoms. The lowest BCUT2D eigenvalue weighted by Gasteiger charge is -2.38. The molecule has 1 saturated carbocycles. The van der Waals surface area contributed by atoms with Gasteiger partial charge in [-0.1, -0.05) is 6.42 Å². The number of aliphatic hydroxyl groups excluding tert-OH is 1. The van der Waals surface area contributed by atoms with Crippen molar-refractivity contribution in [1.82, 2.24) is 8.61 Å². The van der Waals surface area contributed by atoms with E-state index in [4.69, 9.17) is 0 Å². The molecule has 1 atom stereocenters. The molecule has 5 nitrogen and oxygen atoms in total. The van der Waals surface area contributed by atoms with E-state index in [1.807, 2.05) is 6.92 Å². The second kappa shape index (κ2) is 5.45. The molecule has 2 fully saturated rings. The zero-order chi connectivity index (χ0) is 13.3. The Morgan fingerprint density at radius 1 is 1.33 bits per heavy atom. The maximum Gasteiger partial charge on any atom is 0.281 e. The first-order valence-electron chi connectivity index (χ1n) is 6.82. The van der Waals surface area contributed by atoms with Crippen molar-refractivity contribution in [2.24, 2.45) is 5.92 Å². The average Bonchev–Trinajstić information content (AvgIpc) is 2.27. The van der Waals surface area contributed by atoms with Crippen LogP contribution in [0.5, 0.6) is 0 Å². The molecule has 1 N–H and O–H groups in total. The first kappa shape index (κ1) is 14.2. The minimum atomic E-state index is -3.31. The van der Waals surface area contributed by atoms with Crippen LogP contribution in [0, 0.1) is 5.92 Å². The van der Waals surface area contributed by atoms with Gasteiger partial charge in [0.2, 0.25) is 0 Å². The topological polar surface area (TPSA) is 60.9 Å². The number of nitrogens with zero attached hydrogens (tertiary/aromatic N) is 2. The molecule has 1 aliphatic carbocycles. The smallest absolute Gasteiger partial charge is 0.281 e. The van der Waals surface area contributed by atoms with Crippen LogP contribution in [0.15, 0.2) is 0 Å². The third-order valence-electron chi connectivity index (χ3n) is 4.16. The summed E-state index contributed by atoms with van der Waals surface area (Å²) in [5, 5.41) is 9.25. The van der Waals surface area contributed by atoms with Gasteiger partial charge in [-0.05, 0) is 38.5 Å². The molecule has 1 unspecified atom stereocenters. The lowest BCUT2D eigenvalue weighted by atomic mass is 9.82. The molecule has 2 rings (SSSR count). The molecule has 0 radical (unpaired) electrons. The molecule has 106 valence electrons. The van der Waals surface area contributed by atoms with Crippen LogP contribution in [-0.2, 0) is 10.2 Å². The summed E-state index contributed by atoms with van der Waals surface area (Å²) in [5.74, 6) is 0.319. The van der Waals surface area contributed by atoms with E-state index in [-0.39, 0.29) is 12.1 Å². The second-order valence-electron chi connectivity index (χ2n) is 5.74. The largest absolute Gasteiger partial charge is 0.393 e. The summed E-state index contributed by atoms with van der Waals surface area (Å²) in [6, 6.07) is 0.109. The normalized spacial score (nSPS) is 34.6. The summed E-state index contributed by atoms with van der Waals surface area (Å²) in [7, 11) is -1.66. The minimum absolute atomic E-state index is 0.109. The third-order valence-corrected chi connectivity index (χ3v) is 6.23. The summed E-state index contributed by atoms with van der Waals surface area (Å²) in [5.41, 5.74) is 0. The van der Waals surface area contributed by atoms with Crippen molar-refractivity contribution >= 4 is 10.2 Å². The first-order chi connectivity index (χ1) is 8.41. The Balaban J connectivity index is 1.96. The Bertz CT molecular complexity index is 379. The average molecular weight is 276 g/mol. The lowest BCUT2D eigenvalue weighted by molar-refractivity contribution is 0.0359. The number of hydrogen-bond acceptors (Lipinski definition) is 3. The SMILES string of the molecule is CC1CCCCN1S(=O)(=O)N(C)CC1CC(O)C1. The number of rotatable bonds is 4. The van der Waals surface area contributed by atoms with Crippen molar-refractivity contribution < 1.29 is 13.5 Å². The molecule has 1 saturated heterocycles. The Morgan fingerprint density at radius 2 is 2.00 bits per heavy atom. The van der Waals surface area contributed by atoms with E-state index in [0.29, 0.717) is 19.0 Å². The van der Waals surface area contributed by atoms with Gasteiger partial charge in [0.15, 0.2) is 0 Å². The quantitative estimate of drug-likeness (QED) is 0.826. The summed E-state index contributed by atoms with van der Waals surface area (Å²) >= 11 is 0. The minimum Gasteiger partial charge on any atom is -0.393 e. The molecule has 1 aliphatic heterocycles. The van der Waals surface area contributed by atoms with Crippen LogP contribution in [0.3, 0.4) is 0 Å². The molecule has 2 aliphatic rings. The van der Waals surface area contributed by atoms with Gasteiger partial charge >= 0.3 is 0 Å². The molecule has 0 aromatic heterocycles. The lowest BCUT2D eigenvalue weighted by Crippen LogP contribution is -2.50. The van der Waals surface area contributed by atoms with Gasteiger partial charge < -0.3 is 5.11 Å². The molecule has 6 heteroatoms. The Kier molecular flexibility index (Phi) is 4.31. The zero-order valence-corrected chi connectivity index (χ0v) is 12.1. The van der Waals surface area contributed by atoms with E-state index in [2.05, 4.69) is 0 Å². The Labute approximate surface area is 110 Å². The molecule has 0 aromatic rings. The molecular formula is C12H24N2O3S. The highest BCUT2D eigenvalue weighted by atomic mass is 32.2. The van der Waals surface area contributed by atoms with Gasteiger partial charge in [-0.15, -0.1) is 0 Å². The van der Waals surface area contributed by atoms with E-state index in [1.165, 1.54) is 4.31 Å². The van der Waals surface area contributed by atoms with E-state index in [0.717, 1.165) is 32.1 Å². The van der Waals surface area contributed by atoms with Crippen molar-refractivity contribution in [3.63, 3.8) is 0 Å². The molecule has 0 aromatic carbocycles.